The second-order valence-corrected chi connectivity index (χ2v) is 4.16. The van der Waals surface area contributed by atoms with Crippen LogP contribution in [0, 0.1) is 0 Å². The molecule has 2 atom stereocenters. The van der Waals surface area contributed by atoms with Crippen LogP contribution < -0.4 is 0 Å². The molecule has 17 heavy (non-hydrogen) atoms. The number of aliphatic carboxylic acids is 1. The lowest BCUT2D eigenvalue weighted by atomic mass is 9.90. The number of rotatable bonds is 2. The number of carboxylic acid groups (broad SMARTS) is 1. The van der Waals surface area contributed by atoms with Crippen molar-refractivity contribution in [2.45, 2.75) is 19.1 Å². The fourth-order valence-corrected chi connectivity index (χ4v) is 2.32. The van der Waals surface area contributed by atoms with Crippen molar-refractivity contribution in [3.63, 3.8) is 0 Å². The number of aromatic hydroxyl groups is 1. The summed E-state index contributed by atoms with van der Waals surface area (Å²) < 4.78 is 0. The van der Waals surface area contributed by atoms with Crippen LogP contribution in [0.3, 0.4) is 0 Å². The summed E-state index contributed by atoms with van der Waals surface area (Å²) >= 11 is 0. The lowest BCUT2D eigenvalue weighted by Gasteiger charge is -2.36. The minimum Gasteiger partial charge on any atom is -0.508 e. The predicted octanol–water partition coefficient (Wildman–Crippen LogP) is 0.887. The van der Waals surface area contributed by atoms with Gasteiger partial charge in [0.15, 0.2) is 0 Å². The zero-order chi connectivity index (χ0) is 12.6. The molecule has 0 fully saturated rings. The molecule has 0 aliphatic carbocycles. The molecule has 0 radical (unpaired) electrons. The van der Waals surface area contributed by atoms with Crippen LogP contribution in [-0.4, -0.2) is 39.3 Å². The van der Waals surface area contributed by atoms with Gasteiger partial charge in [0.1, 0.15) is 11.8 Å². The fourth-order valence-electron chi connectivity index (χ4n) is 2.32. The number of fused-ring (bicyclic) bond motifs is 1. The number of phenols is 1. The van der Waals surface area contributed by atoms with Crippen molar-refractivity contribution in [2.75, 3.05) is 13.1 Å². The van der Waals surface area contributed by atoms with E-state index in [1.165, 1.54) is 12.1 Å². The second kappa shape index (κ2) is 4.35. The average Bonchev–Trinajstić information content (AvgIpc) is 2.28. The van der Waals surface area contributed by atoms with E-state index in [0.717, 1.165) is 0 Å². The molecule has 1 aliphatic heterocycles. The van der Waals surface area contributed by atoms with E-state index in [-0.39, 0.29) is 12.3 Å². The zero-order valence-corrected chi connectivity index (χ0v) is 9.50. The molecule has 5 nitrogen and oxygen atoms in total. The van der Waals surface area contributed by atoms with E-state index in [0.29, 0.717) is 17.7 Å². The summed E-state index contributed by atoms with van der Waals surface area (Å²) in [4.78, 5) is 13.0. The number of benzene rings is 1. The molecular weight excluding hydrogens is 222 g/mol. The number of carbonyl (C=O) groups is 1. The van der Waals surface area contributed by atoms with Crippen molar-refractivity contribution in [3.8, 4) is 5.75 Å². The normalized spacial score (nSPS) is 24.4. The van der Waals surface area contributed by atoms with Crippen LogP contribution >= 0.6 is 0 Å². The van der Waals surface area contributed by atoms with Gasteiger partial charge in [-0.05, 0) is 29.8 Å². The Kier molecular flexibility index (Phi) is 3.04. The van der Waals surface area contributed by atoms with E-state index < -0.39 is 18.1 Å². The van der Waals surface area contributed by atoms with E-state index >= 15 is 0 Å². The van der Waals surface area contributed by atoms with Crippen LogP contribution in [0.4, 0.5) is 0 Å². The summed E-state index contributed by atoms with van der Waals surface area (Å²) in [7, 11) is 0. The number of likely N-dealkylation sites (N-methyl/N-ethyl adjacent to an activating group) is 1. The summed E-state index contributed by atoms with van der Waals surface area (Å²) in [6, 6.07) is 3.69. The van der Waals surface area contributed by atoms with E-state index in [2.05, 4.69) is 0 Å². The molecule has 0 unspecified atom stereocenters. The number of aliphatic hydroxyl groups excluding tert-OH is 1. The van der Waals surface area contributed by atoms with Crippen molar-refractivity contribution in [2.24, 2.45) is 0 Å². The number of phenolic OH excluding ortho intramolecular Hbond substituents is 1. The van der Waals surface area contributed by atoms with E-state index in [1.807, 2.05) is 6.92 Å². The number of aliphatic hydroxyl groups is 1. The Labute approximate surface area is 98.9 Å². The largest absolute Gasteiger partial charge is 0.508 e. The van der Waals surface area contributed by atoms with Gasteiger partial charge in [-0.25, -0.2) is 0 Å². The Hall–Kier alpha value is -1.59. The molecule has 3 N–H and O–H groups in total. The monoisotopic (exact) mass is 237 g/mol. The van der Waals surface area contributed by atoms with E-state index in [4.69, 9.17) is 0 Å². The van der Waals surface area contributed by atoms with Gasteiger partial charge < -0.3 is 15.3 Å². The van der Waals surface area contributed by atoms with E-state index in [9.17, 15) is 20.1 Å². The van der Waals surface area contributed by atoms with Gasteiger partial charge in [0.05, 0.1) is 6.10 Å². The third-order valence-corrected chi connectivity index (χ3v) is 3.14. The van der Waals surface area contributed by atoms with Crippen molar-refractivity contribution in [1.82, 2.24) is 4.90 Å². The molecule has 2 rings (SSSR count). The Balaban J connectivity index is 2.52. The van der Waals surface area contributed by atoms with Crippen molar-refractivity contribution in [1.29, 1.82) is 0 Å². The van der Waals surface area contributed by atoms with Gasteiger partial charge in [0.2, 0.25) is 0 Å². The molecule has 1 aromatic carbocycles. The van der Waals surface area contributed by atoms with Crippen LogP contribution in [0.15, 0.2) is 18.2 Å². The molecule has 0 amide bonds. The first kappa shape index (κ1) is 11.9. The Bertz CT molecular complexity index is 446. The summed E-state index contributed by atoms with van der Waals surface area (Å²) in [6.07, 6.45) is -0.757. The molecule has 1 aromatic rings. The summed E-state index contributed by atoms with van der Waals surface area (Å²) in [5, 5.41) is 28.6. The van der Waals surface area contributed by atoms with Gasteiger partial charge in [-0.3, -0.25) is 9.69 Å². The van der Waals surface area contributed by atoms with Crippen LogP contribution in [0.2, 0.25) is 0 Å². The highest BCUT2D eigenvalue weighted by molar-refractivity contribution is 5.77. The molecule has 0 bridgehead atoms. The first-order valence-electron chi connectivity index (χ1n) is 5.52. The molecule has 0 saturated heterocycles. The molecule has 0 spiro atoms. The quantitative estimate of drug-likeness (QED) is 0.711. The maximum atomic E-state index is 11.3. The lowest BCUT2D eigenvalue weighted by molar-refractivity contribution is -0.144. The van der Waals surface area contributed by atoms with Crippen molar-refractivity contribution >= 4 is 5.97 Å². The Morgan fingerprint density at radius 2 is 2.18 bits per heavy atom. The second-order valence-electron chi connectivity index (χ2n) is 4.16. The highest BCUT2D eigenvalue weighted by Crippen LogP contribution is 2.36. The highest BCUT2D eigenvalue weighted by atomic mass is 16.4. The average molecular weight is 237 g/mol. The molecule has 92 valence electrons. The number of carboxylic acids is 1. The molecule has 0 saturated carbocycles. The number of nitrogens with zero attached hydrogens (tertiary/aromatic N) is 1. The summed E-state index contributed by atoms with van der Waals surface area (Å²) in [5.41, 5.74) is 1.05. The third-order valence-electron chi connectivity index (χ3n) is 3.14. The SMILES string of the molecule is CCN1C[C@@H](O)c2cc(O)ccc2[C@@H]1C(=O)O. The van der Waals surface area contributed by atoms with Gasteiger partial charge in [-0.2, -0.15) is 0 Å². The maximum absolute atomic E-state index is 11.3. The zero-order valence-electron chi connectivity index (χ0n) is 9.50. The Morgan fingerprint density at radius 3 is 2.76 bits per heavy atom. The first-order chi connectivity index (χ1) is 8.04. The maximum Gasteiger partial charge on any atom is 0.325 e. The van der Waals surface area contributed by atoms with Crippen molar-refractivity contribution in [3.05, 3.63) is 29.3 Å². The van der Waals surface area contributed by atoms with Crippen LogP contribution in [0.25, 0.3) is 0 Å². The lowest BCUT2D eigenvalue weighted by Crippen LogP contribution is -2.41. The third kappa shape index (κ3) is 1.99. The highest BCUT2D eigenvalue weighted by Gasteiger charge is 2.35. The van der Waals surface area contributed by atoms with Gasteiger partial charge in [-0.15, -0.1) is 0 Å². The smallest absolute Gasteiger partial charge is 0.325 e. The number of β-amino-alcohol motifs (C(OH)–C–C–N with tert-alkyl or cyclic N) is 1. The van der Waals surface area contributed by atoms with Gasteiger partial charge in [-0.1, -0.05) is 13.0 Å². The molecular formula is C12H15NO4. The van der Waals surface area contributed by atoms with Crippen LogP contribution in [0.5, 0.6) is 5.75 Å². The first-order valence-corrected chi connectivity index (χ1v) is 5.52. The molecule has 5 heteroatoms. The summed E-state index contributed by atoms with van der Waals surface area (Å²) in [5.74, 6) is -0.900. The predicted molar refractivity (Wildman–Crippen MR) is 60.7 cm³/mol. The Morgan fingerprint density at radius 1 is 1.47 bits per heavy atom. The summed E-state index contributed by atoms with van der Waals surface area (Å²) in [6.45, 7) is 2.67. The minimum absolute atomic E-state index is 0.0388. The minimum atomic E-state index is -0.939. The van der Waals surface area contributed by atoms with Gasteiger partial charge in [0.25, 0.3) is 0 Å². The standard InChI is InChI=1S/C12H15NO4/c1-2-13-6-10(15)9-5-7(14)3-4-8(9)11(13)12(16)17/h3-5,10-11,14-15H,2,6H2,1H3,(H,16,17)/t10-,11-/m1/s1. The van der Waals surface area contributed by atoms with Crippen LogP contribution in [0.1, 0.15) is 30.2 Å². The number of hydrogen-bond donors (Lipinski definition) is 3. The van der Waals surface area contributed by atoms with Gasteiger partial charge in [0, 0.05) is 6.54 Å². The molecule has 1 aliphatic rings. The molecule has 0 aromatic heterocycles. The van der Waals surface area contributed by atoms with E-state index in [1.54, 1.807) is 11.0 Å². The molecule has 1 heterocycles. The van der Waals surface area contributed by atoms with Gasteiger partial charge >= 0.3 is 5.97 Å². The topological polar surface area (TPSA) is 81.0 Å². The number of hydrogen-bond acceptors (Lipinski definition) is 4. The van der Waals surface area contributed by atoms with Crippen molar-refractivity contribution < 1.29 is 20.1 Å². The van der Waals surface area contributed by atoms with Crippen LogP contribution in [-0.2, 0) is 4.79 Å². The fraction of sp³-hybridized carbons (Fsp3) is 0.417.